The van der Waals surface area contributed by atoms with Crippen molar-refractivity contribution >= 4 is 0 Å². The van der Waals surface area contributed by atoms with Crippen molar-refractivity contribution in [3.05, 3.63) is 11.6 Å². The highest BCUT2D eigenvalue weighted by Gasteiger charge is 2.22. The predicted molar refractivity (Wildman–Crippen MR) is 26.9 cm³/mol. The number of aliphatic hydroxyl groups excluding tert-OH is 1. The van der Waals surface area contributed by atoms with Gasteiger partial charge < -0.3 is 5.11 Å². The third kappa shape index (κ3) is 5.36. The molecule has 0 bridgehead atoms. The Bertz CT molecular complexity index is 114. The van der Waals surface area contributed by atoms with Crippen LogP contribution in [-0.4, -0.2) is 17.9 Å². The topological polar surface area (TPSA) is 20.2 Å². The van der Waals surface area contributed by atoms with E-state index in [4.69, 9.17) is 5.11 Å². The van der Waals surface area contributed by atoms with Gasteiger partial charge in [0.2, 0.25) is 0 Å². The minimum absolute atomic E-state index is 0.0764. The third-order valence-electron chi connectivity index (χ3n) is 0.659. The van der Waals surface area contributed by atoms with Crippen LogP contribution in [0.3, 0.4) is 0 Å². The van der Waals surface area contributed by atoms with E-state index in [1.165, 1.54) is 6.92 Å². The van der Waals surface area contributed by atoms with Crippen molar-refractivity contribution < 1.29 is 18.3 Å². The fourth-order valence-corrected chi connectivity index (χ4v) is 0.325. The number of hydrogen-bond acceptors (Lipinski definition) is 1. The molecule has 1 nitrogen and oxygen atoms in total. The average Bonchev–Trinajstić information content (AvgIpc) is 1.62. The standard InChI is InChI=1S/C5H7F3O/c1-4(3-9)2-5(6,7)8/h2,9H,3H2,1H3/b4-2-. The molecule has 1 N–H and O–H groups in total. The first-order valence-electron chi connectivity index (χ1n) is 2.31. The normalized spacial score (nSPS) is 14.1. The van der Waals surface area contributed by atoms with E-state index in [0.717, 1.165) is 0 Å². The molecule has 0 aromatic rings. The summed E-state index contributed by atoms with van der Waals surface area (Å²) in [6, 6.07) is 0. The highest BCUT2D eigenvalue weighted by Crippen LogP contribution is 2.17. The van der Waals surface area contributed by atoms with E-state index in [0.29, 0.717) is 0 Å². The zero-order valence-electron chi connectivity index (χ0n) is 4.87. The number of alkyl halides is 3. The summed E-state index contributed by atoms with van der Waals surface area (Å²) < 4.78 is 33.9. The maximum atomic E-state index is 11.3. The summed E-state index contributed by atoms with van der Waals surface area (Å²) in [6.07, 6.45) is -4.22. The molecule has 0 saturated heterocycles. The molecule has 4 heteroatoms. The minimum Gasteiger partial charge on any atom is -0.392 e. The van der Waals surface area contributed by atoms with E-state index in [2.05, 4.69) is 0 Å². The Kier molecular flexibility index (Phi) is 2.70. The molecule has 0 atom stereocenters. The lowest BCUT2D eigenvalue weighted by molar-refractivity contribution is -0.0808. The molecule has 0 amide bonds. The summed E-state index contributed by atoms with van der Waals surface area (Å²) in [5, 5.41) is 8.13. The van der Waals surface area contributed by atoms with Gasteiger partial charge in [-0.1, -0.05) is 0 Å². The first-order chi connectivity index (χ1) is 3.95. The molecule has 0 rings (SSSR count). The molecule has 0 aliphatic carbocycles. The minimum atomic E-state index is -4.30. The lowest BCUT2D eigenvalue weighted by Crippen LogP contribution is -2.03. The fourth-order valence-electron chi connectivity index (χ4n) is 0.325. The summed E-state index contributed by atoms with van der Waals surface area (Å²) in [6.45, 7) is 0.674. The Balaban J connectivity index is 3.95. The summed E-state index contributed by atoms with van der Waals surface area (Å²) in [5.41, 5.74) is -0.0810. The summed E-state index contributed by atoms with van der Waals surface area (Å²) in [5.74, 6) is 0. The molecule has 0 fully saturated rings. The van der Waals surface area contributed by atoms with Gasteiger partial charge in [0.15, 0.2) is 0 Å². The molecular weight excluding hydrogens is 133 g/mol. The van der Waals surface area contributed by atoms with Gasteiger partial charge in [0, 0.05) is 6.08 Å². The third-order valence-corrected chi connectivity index (χ3v) is 0.659. The van der Waals surface area contributed by atoms with Gasteiger partial charge in [-0.15, -0.1) is 0 Å². The van der Waals surface area contributed by atoms with Crippen molar-refractivity contribution in [1.29, 1.82) is 0 Å². The van der Waals surface area contributed by atoms with Crippen LogP contribution in [0.25, 0.3) is 0 Å². The van der Waals surface area contributed by atoms with Crippen LogP contribution in [0.15, 0.2) is 11.6 Å². The molecule has 0 aromatic carbocycles. The molecule has 0 radical (unpaired) electrons. The zero-order chi connectivity index (χ0) is 7.49. The fraction of sp³-hybridized carbons (Fsp3) is 0.600. The van der Waals surface area contributed by atoms with Crippen molar-refractivity contribution in [1.82, 2.24) is 0 Å². The van der Waals surface area contributed by atoms with Gasteiger partial charge in [0.05, 0.1) is 6.61 Å². The molecule has 54 valence electrons. The van der Waals surface area contributed by atoms with E-state index in [1.54, 1.807) is 0 Å². The van der Waals surface area contributed by atoms with Gasteiger partial charge in [0.1, 0.15) is 0 Å². The van der Waals surface area contributed by atoms with E-state index in [-0.39, 0.29) is 11.6 Å². The number of halogens is 3. The van der Waals surface area contributed by atoms with E-state index in [1.807, 2.05) is 0 Å². The van der Waals surface area contributed by atoms with Gasteiger partial charge in [-0.25, -0.2) is 0 Å². The Hall–Kier alpha value is -0.510. The molecule has 0 saturated carbocycles. The van der Waals surface area contributed by atoms with Gasteiger partial charge >= 0.3 is 6.18 Å². The Morgan fingerprint density at radius 3 is 2.11 bits per heavy atom. The Morgan fingerprint density at radius 1 is 1.56 bits per heavy atom. The first kappa shape index (κ1) is 8.49. The molecule has 0 aromatic heterocycles. The highest BCUT2D eigenvalue weighted by molar-refractivity contribution is 5.01. The second-order valence-corrected chi connectivity index (χ2v) is 1.69. The number of hydrogen-bond donors (Lipinski definition) is 1. The van der Waals surface area contributed by atoms with Crippen LogP contribution in [0.2, 0.25) is 0 Å². The average molecular weight is 140 g/mol. The van der Waals surface area contributed by atoms with Gasteiger partial charge in [-0.05, 0) is 12.5 Å². The summed E-state index contributed by atoms with van der Waals surface area (Å²) in [7, 11) is 0. The quantitative estimate of drug-likeness (QED) is 0.547. The second kappa shape index (κ2) is 2.87. The lowest BCUT2D eigenvalue weighted by Gasteiger charge is -1.99. The van der Waals surface area contributed by atoms with Crippen LogP contribution in [-0.2, 0) is 0 Å². The second-order valence-electron chi connectivity index (χ2n) is 1.69. The molecule has 9 heavy (non-hydrogen) atoms. The highest BCUT2D eigenvalue weighted by atomic mass is 19.4. The SMILES string of the molecule is C/C(=C/C(F)(F)F)CO. The molecule has 0 aliphatic rings. The van der Waals surface area contributed by atoms with Crippen molar-refractivity contribution in [2.75, 3.05) is 6.61 Å². The van der Waals surface area contributed by atoms with Crippen molar-refractivity contribution in [2.24, 2.45) is 0 Å². The van der Waals surface area contributed by atoms with Crippen LogP contribution in [0, 0.1) is 0 Å². The smallest absolute Gasteiger partial charge is 0.392 e. The van der Waals surface area contributed by atoms with Gasteiger partial charge in [0.25, 0.3) is 0 Å². The zero-order valence-corrected chi connectivity index (χ0v) is 4.87. The van der Waals surface area contributed by atoms with Crippen molar-refractivity contribution in [3.8, 4) is 0 Å². The molecule has 0 heterocycles. The van der Waals surface area contributed by atoms with E-state index >= 15 is 0 Å². The van der Waals surface area contributed by atoms with Crippen LogP contribution in [0.5, 0.6) is 0 Å². The first-order valence-corrected chi connectivity index (χ1v) is 2.31. The summed E-state index contributed by atoms with van der Waals surface area (Å²) >= 11 is 0. The molecular formula is C5H7F3O. The summed E-state index contributed by atoms with van der Waals surface area (Å²) in [4.78, 5) is 0. The van der Waals surface area contributed by atoms with Crippen molar-refractivity contribution in [3.63, 3.8) is 0 Å². The van der Waals surface area contributed by atoms with Crippen LogP contribution in [0.1, 0.15) is 6.92 Å². The number of rotatable bonds is 1. The van der Waals surface area contributed by atoms with Gasteiger partial charge in [-0.2, -0.15) is 13.2 Å². The Morgan fingerprint density at radius 2 is 2.00 bits per heavy atom. The van der Waals surface area contributed by atoms with E-state index < -0.39 is 12.8 Å². The molecule has 0 aliphatic heterocycles. The monoisotopic (exact) mass is 140 g/mol. The predicted octanol–water partition coefficient (Wildman–Crippen LogP) is 1.49. The number of allylic oxidation sites excluding steroid dienone is 1. The van der Waals surface area contributed by atoms with Crippen LogP contribution < -0.4 is 0 Å². The Labute approximate surface area is 50.8 Å². The molecule has 0 spiro atoms. The maximum absolute atomic E-state index is 11.3. The van der Waals surface area contributed by atoms with Crippen LogP contribution >= 0.6 is 0 Å². The molecule has 0 unspecified atom stereocenters. The van der Waals surface area contributed by atoms with Gasteiger partial charge in [-0.3, -0.25) is 0 Å². The lowest BCUT2D eigenvalue weighted by atomic mass is 10.3. The van der Waals surface area contributed by atoms with Crippen LogP contribution in [0.4, 0.5) is 13.2 Å². The number of aliphatic hydroxyl groups is 1. The van der Waals surface area contributed by atoms with E-state index in [9.17, 15) is 13.2 Å². The maximum Gasteiger partial charge on any atom is 0.409 e. The van der Waals surface area contributed by atoms with Crippen molar-refractivity contribution in [2.45, 2.75) is 13.1 Å². The largest absolute Gasteiger partial charge is 0.409 e.